The maximum atomic E-state index is 11.6. The Balaban J connectivity index is 2.46. The highest BCUT2D eigenvalue weighted by atomic mass is 16.5. The van der Waals surface area contributed by atoms with Crippen LogP contribution in [0.2, 0.25) is 0 Å². The lowest BCUT2D eigenvalue weighted by molar-refractivity contribution is -0.141. The maximum Gasteiger partial charge on any atom is 0.307 e. The van der Waals surface area contributed by atoms with Gasteiger partial charge in [-0.05, 0) is 12.3 Å². The quantitative estimate of drug-likeness (QED) is 0.690. The minimum absolute atomic E-state index is 0.0644. The minimum Gasteiger partial charge on any atom is -0.469 e. The molecule has 1 aliphatic rings. The van der Waals surface area contributed by atoms with Gasteiger partial charge in [0.05, 0.1) is 26.2 Å². The molecule has 1 aliphatic heterocycles. The number of esters is 1. The molecule has 0 aromatic carbocycles. The number of carbonyl (C=O) groups is 2. The van der Waals surface area contributed by atoms with Crippen LogP contribution >= 0.6 is 0 Å². The Morgan fingerprint density at radius 1 is 1.62 bits per heavy atom. The predicted molar refractivity (Wildman–Crippen MR) is 59.6 cm³/mol. The van der Waals surface area contributed by atoms with Crippen LogP contribution in [0.1, 0.15) is 26.7 Å². The van der Waals surface area contributed by atoms with Crippen LogP contribution in [0.4, 0.5) is 0 Å². The van der Waals surface area contributed by atoms with Gasteiger partial charge in [-0.3, -0.25) is 14.9 Å². The van der Waals surface area contributed by atoms with Crippen LogP contribution in [0.3, 0.4) is 0 Å². The molecular formula is C11H20N2O3. The van der Waals surface area contributed by atoms with E-state index in [9.17, 15) is 9.59 Å². The Morgan fingerprint density at radius 2 is 2.31 bits per heavy atom. The Hall–Kier alpha value is -1.10. The van der Waals surface area contributed by atoms with Gasteiger partial charge in [0.2, 0.25) is 5.91 Å². The molecule has 0 radical (unpaired) electrons. The van der Waals surface area contributed by atoms with Gasteiger partial charge in [0.15, 0.2) is 0 Å². The van der Waals surface area contributed by atoms with Crippen molar-refractivity contribution in [2.75, 3.05) is 20.2 Å². The molecule has 0 aromatic heterocycles. The number of hydrogen-bond donors (Lipinski definition) is 1. The molecule has 0 aromatic rings. The number of methoxy groups -OCH3 is 1. The Bertz CT molecular complexity index is 266. The number of hydrogen-bond acceptors (Lipinski definition) is 4. The van der Waals surface area contributed by atoms with Crippen molar-refractivity contribution in [1.29, 1.82) is 0 Å². The Kier molecular flexibility index (Phi) is 4.73. The van der Waals surface area contributed by atoms with Crippen molar-refractivity contribution in [2.45, 2.75) is 32.9 Å². The normalized spacial score (nSPS) is 20.6. The number of ether oxygens (including phenoxy) is 1. The van der Waals surface area contributed by atoms with E-state index in [0.717, 1.165) is 6.42 Å². The lowest BCUT2D eigenvalue weighted by Gasteiger charge is -2.25. The second-order valence-corrected chi connectivity index (χ2v) is 4.44. The van der Waals surface area contributed by atoms with Gasteiger partial charge in [-0.15, -0.1) is 0 Å². The first kappa shape index (κ1) is 13.0. The Labute approximate surface area is 96.1 Å². The van der Waals surface area contributed by atoms with E-state index in [1.54, 1.807) is 4.90 Å². The molecule has 5 heteroatoms. The van der Waals surface area contributed by atoms with E-state index in [1.165, 1.54) is 7.11 Å². The van der Waals surface area contributed by atoms with Gasteiger partial charge < -0.3 is 9.64 Å². The highest BCUT2D eigenvalue weighted by Crippen LogP contribution is 2.14. The summed E-state index contributed by atoms with van der Waals surface area (Å²) in [5.41, 5.74) is 0. The van der Waals surface area contributed by atoms with Crippen molar-refractivity contribution >= 4 is 11.9 Å². The van der Waals surface area contributed by atoms with Gasteiger partial charge in [0.25, 0.3) is 0 Å². The molecule has 1 rings (SSSR count). The van der Waals surface area contributed by atoms with E-state index in [-0.39, 0.29) is 24.5 Å². The predicted octanol–water partition coefficient (Wildman–Crippen LogP) is 0.353. The van der Waals surface area contributed by atoms with Gasteiger partial charge in [0.1, 0.15) is 0 Å². The van der Waals surface area contributed by atoms with Crippen LogP contribution in [0.5, 0.6) is 0 Å². The van der Waals surface area contributed by atoms with E-state index in [1.807, 2.05) is 0 Å². The number of nitrogens with zero attached hydrogens (tertiary/aromatic N) is 1. The first-order valence-corrected chi connectivity index (χ1v) is 5.64. The smallest absolute Gasteiger partial charge is 0.307 e. The Morgan fingerprint density at radius 3 is 2.88 bits per heavy atom. The SMILES string of the molecule is COC(=O)CCN1C(=O)CNC1CC(C)C. The van der Waals surface area contributed by atoms with E-state index >= 15 is 0 Å². The standard InChI is InChI=1S/C11H20N2O3/c1-8(2)6-9-12-7-10(14)13(9)5-4-11(15)16-3/h8-9,12H,4-7H2,1-3H3. The zero-order chi connectivity index (χ0) is 12.1. The summed E-state index contributed by atoms with van der Waals surface area (Å²) in [5.74, 6) is 0.307. The molecule has 1 heterocycles. The van der Waals surface area contributed by atoms with Crippen LogP contribution in [-0.2, 0) is 14.3 Å². The van der Waals surface area contributed by atoms with Gasteiger partial charge in [-0.1, -0.05) is 13.8 Å². The molecule has 1 atom stereocenters. The van der Waals surface area contributed by atoms with Crippen molar-refractivity contribution in [2.24, 2.45) is 5.92 Å². The third-order valence-corrected chi connectivity index (χ3v) is 2.66. The van der Waals surface area contributed by atoms with Crippen LogP contribution < -0.4 is 5.32 Å². The van der Waals surface area contributed by atoms with Gasteiger partial charge in [-0.2, -0.15) is 0 Å². The second kappa shape index (κ2) is 5.84. The third kappa shape index (κ3) is 3.48. The van der Waals surface area contributed by atoms with E-state index < -0.39 is 0 Å². The largest absolute Gasteiger partial charge is 0.469 e. The first-order valence-electron chi connectivity index (χ1n) is 5.64. The average Bonchev–Trinajstić information content (AvgIpc) is 2.56. The van der Waals surface area contributed by atoms with Crippen molar-refractivity contribution in [3.8, 4) is 0 Å². The summed E-state index contributed by atoms with van der Waals surface area (Å²) in [6, 6.07) is 0. The molecule has 0 bridgehead atoms. The van der Waals surface area contributed by atoms with Crippen LogP contribution in [0.25, 0.3) is 0 Å². The zero-order valence-corrected chi connectivity index (χ0v) is 10.2. The molecule has 1 amide bonds. The van der Waals surface area contributed by atoms with E-state index in [2.05, 4.69) is 23.9 Å². The topological polar surface area (TPSA) is 58.6 Å². The number of nitrogens with one attached hydrogen (secondary N) is 1. The number of carbonyl (C=O) groups excluding carboxylic acids is 2. The number of amides is 1. The summed E-state index contributed by atoms with van der Waals surface area (Å²) in [5, 5.41) is 3.15. The fourth-order valence-corrected chi connectivity index (χ4v) is 1.84. The fraction of sp³-hybridized carbons (Fsp3) is 0.818. The van der Waals surface area contributed by atoms with Gasteiger partial charge in [0, 0.05) is 6.54 Å². The van der Waals surface area contributed by atoms with Crippen LogP contribution in [0.15, 0.2) is 0 Å². The molecule has 5 nitrogen and oxygen atoms in total. The highest BCUT2D eigenvalue weighted by molar-refractivity contribution is 5.81. The fourth-order valence-electron chi connectivity index (χ4n) is 1.84. The summed E-state index contributed by atoms with van der Waals surface area (Å²) < 4.78 is 4.56. The zero-order valence-electron chi connectivity index (χ0n) is 10.2. The summed E-state index contributed by atoms with van der Waals surface area (Å²) in [6.45, 7) is 5.04. The van der Waals surface area contributed by atoms with Crippen molar-refractivity contribution in [1.82, 2.24) is 10.2 Å². The summed E-state index contributed by atoms with van der Waals surface area (Å²) >= 11 is 0. The number of rotatable bonds is 5. The monoisotopic (exact) mass is 228 g/mol. The average molecular weight is 228 g/mol. The molecule has 0 aliphatic carbocycles. The molecule has 1 unspecified atom stereocenters. The molecule has 16 heavy (non-hydrogen) atoms. The van der Waals surface area contributed by atoms with Crippen LogP contribution in [0, 0.1) is 5.92 Å². The lowest BCUT2D eigenvalue weighted by atomic mass is 10.1. The second-order valence-electron chi connectivity index (χ2n) is 4.44. The van der Waals surface area contributed by atoms with Gasteiger partial charge in [-0.25, -0.2) is 0 Å². The van der Waals surface area contributed by atoms with Crippen LogP contribution in [-0.4, -0.2) is 43.1 Å². The molecule has 1 saturated heterocycles. The highest BCUT2D eigenvalue weighted by Gasteiger charge is 2.30. The van der Waals surface area contributed by atoms with E-state index in [4.69, 9.17) is 0 Å². The van der Waals surface area contributed by atoms with Crippen molar-refractivity contribution < 1.29 is 14.3 Å². The minimum atomic E-state index is -0.275. The summed E-state index contributed by atoms with van der Waals surface area (Å²) in [7, 11) is 1.36. The van der Waals surface area contributed by atoms with Crippen molar-refractivity contribution in [3.63, 3.8) is 0 Å². The molecule has 0 saturated carbocycles. The molecular weight excluding hydrogens is 208 g/mol. The van der Waals surface area contributed by atoms with E-state index in [0.29, 0.717) is 19.0 Å². The molecule has 1 N–H and O–H groups in total. The lowest BCUT2D eigenvalue weighted by Crippen LogP contribution is -2.39. The third-order valence-electron chi connectivity index (χ3n) is 2.66. The molecule has 1 fully saturated rings. The van der Waals surface area contributed by atoms with Crippen molar-refractivity contribution in [3.05, 3.63) is 0 Å². The summed E-state index contributed by atoms with van der Waals surface area (Å²) in [6.07, 6.45) is 1.24. The molecule has 0 spiro atoms. The first-order chi connectivity index (χ1) is 7.54. The maximum absolute atomic E-state index is 11.6. The van der Waals surface area contributed by atoms with Gasteiger partial charge >= 0.3 is 5.97 Å². The molecule has 92 valence electrons. The summed E-state index contributed by atoms with van der Waals surface area (Å²) in [4.78, 5) is 24.3.